The summed E-state index contributed by atoms with van der Waals surface area (Å²) in [7, 11) is 0. The van der Waals surface area contributed by atoms with E-state index in [-0.39, 0.29) is 18.3 Å². The lowest BCUT2D eigenvalue weighted by molar-refractivity contribution is 0.263. The normalized spacial score (nSPS) is 12.4. The summed E-state index contributed by atoms with van der Waals surface area (Å²) in [6, 6.07) is 12.0. The van der Waals surface area contributed by atoms with Gasteiger partial charge < -0.3 is 5.11 Å². The van der Waals surface area contributed by atoms with Crippen LogP contribution in [0.2, 0.25) is 0 Å². The first-order chi connectivity index (χ1) is 8.29. The molecule has 0 aliphatic carbocycles. The van der Waals surface area contributed by atoms with E-state index < -0.39 is 0 Å². The second-order valence-corrected chi connectivity index (χ2v) is 3.96. The molecule has 0 bridgehead atoms. The first kappa shape index (κ1) is 11.7. The van der Waals surface area contributed by atoms with Crippen LogP contribution in [0.4, 0.5) is 4.39 Å². The van der Waals surface area contributed by atoms with Crippen LogP contribution < -0.4 is 0 Å². The Morgan fingerprint density at radius 2 is 2.06 bits per heavy atom. The SMILES string of the molecule is OCC(Cc1ccccn1)c1cccc(F)c1. The van der Waals surface area contributed by atoms with E-state index in [4.69, 9.17) is 0 Å². The summed E-state index contributed by atoms with van der Waals surface area (Å²) in [5, 5.41) is 9.38. The second-order valence-electron chi connectivity index (χ2n) is 3.96. The van der Waals surface area contributed by atoms with Crippen LogP contribution >= 0.6 is 0 Å². The van der Waals surface area contributed by atoms with Gasteiger partial charge in [0.15, 0.2) is 0 Å². The van der Waals surface area contributed by atoms with Gasteiger partial charge in [0.25, 0.3) is 0 Å². The second kappa shape index (κ2) is 5.55. The van der Waals surface area contributed by atoms with Crippen molar-refractivity contribution in [1.29, 1.82) is 0 Å². The van der Waals surface area contributed by atoms with E-state index in [1.54, 1.807) is 12.3 Å². The number of aromatic nitrogens is 1. The van der Waals surface area contributed by atoms with Crippen LogP contribution in [0.25, 0.3) is 0 Å². The molecule has 1 heterocycles. The van der Waals surface area contributed by atoms with Crippen molar-refractivity contribution < 1.29 is 9.50 Å². The average Bonchev–Trinajstić information content (AvgIpc) is 2.37. The van der Waals surface area contributed by atoms with E-state index in [1.165, 1.54) is 12.1 Å². The summed E-state index contributed by atoms with van der Waals surface area (Å²) in [6.07, 6.45) is 2.33. The predicted octanol–water partition coefficient (Wildman–Crippen LogP) is 2.54. The van der Waals surface area contributed by atoms with Crippen LogP contribution in [0.15, 0.2) is 48.7 Å². The van der Waals surface area contributed by atoms with Gasteiger partial charge >= 0.3 is 0 Å². The number of hydrogen-bond donors (Lipinski definition) is 1. The summed E-state index contributed by atoms with van der Waals surface area (Å²) >= 11 is 0. The molecule has 0 aliphatic rings. The Morgan fingerprint density at radius 3 is 2.71 bits per heavy atom. The fourth-order valence-corrected chi connectivity index (χ4v) is 1.82. The fourth-order valence-electron chi connectivity index (χ4n) is 1.82. The molecule has 2 rings (SSSR count). The largest absolute Gasteiger partial charge is 0.396 e. The highest BCUT2D eigenvalue weighted by Gasteiger charge is 2.12. The van der Waals surface area contributed by atoms with Crippen molar-refractivity contribution in [3.63, 3.8) is 0 Å². The first-order valence-corrected chi connectivity index (χ1v) is 5.56. The Balaban J connectivity index is 2.17. The van der Waals surface area contributed by atoms with Crippen LogP contribution in [0, 0.1) is 5.82 Å². The molecule has 1 aromatic carbocycles. The van der Waals surface area contributed by atoms with E-state index in [1.807, 2.05) is 24.3 Å². The maximum Gasteiger partial charge on any atom is 0.123 e. The van der Waals surface area contributed by atoms with Crippen molar-refractivity contribution >= 4 is 0 Å². The molecule has 0 amide bonds. The molecule has 0 aliphatic heterocycles. The van der Waals surface area contributed by atoms with Crippen LogP contribution in [-0.4, -0.2) is 16.7 Å². The van der Waals surface area contributed by atoms with E-state index in [9.17, 15) is 9.50 Å². The van der Waals surface area contributed by atoms with Gasteiger partial charge in [-0.25, -0.2) is 4.39 Å². The summed E-state index contributed by atoms with van der Waals surface area (Å²) in [5.41, 5.74) is 1.70. The molecule has 2 aromatic rings. The minimum atomic E-state index is -0.276. The van der Waals surface area contributed by atoms with Crippen LogP contribution in [0.3, 0.4) is 0 Å². The van der Waals surface area contributed by atoms with Crippen LogP contribution in [0.5, 0.6) is 0 Å². The molecule has 0 saturated heterocycles. The molecule has 0 saturated carbocycles. The van der Waals surface area contributed by atoms with Crippen molar-refractivity contribution in [2.45, 2.75) is 12.3 Å². The summed E-state index contributed by atoms with van der Waals surface area (Å²) < 4.78 is 13.1. The quantitative estimate of drug-likeness (QED) is 0.877. The average molecular weight is 231 g/mol. The monoisotopic (exact) mass is 231 g/mol. The molecule has 0 fully saturated rings. The lowest BCUT2D eigenvalue weighted by atomic mass is 9.95. The molecule has 1 unspecified atom stereocenters. The standard InChI is InChI=1S/C14H14FNO/c15-13-5-3-4-11(8-13)12(10-17)9-14-6-1-2-7-16-14/h1-8,12,17H,9-10H2. The topological polar surface area (TPSA) is 33.1 Å². The maximum absolute atomic E-state index is 13.1. The van der Waals surface area contributed by atoms with Crippen molar-refractivity contribution in [3.05, 3.63) is 65.7 Å². The number of pyridine rings is 1. The summed E-state index contributed by atoms with van der Waals surface area (Å²) in [6.45, 7) is -0.0139. The molecule has 1 N–H and O–H groups in total. The number of aliphatic hydroxyl groups is 1. The molecule has 1 atom stereocenters. The van der Waals surface area contributed by atoms with Gasteiger partial charge in [-0.1, -0.05) is 18.2 Å². The van der Waals surface area contributed by atoms with Gasteiger partial charge in [0, 0.05) is 17.8 Å². The van der Waals surface area contributed by atoms with Gasteiger partial charge in [0.2, 0.25) is 0 Å². The number of rotatable bonds is 4. The van der Waals surface area contributed by atoms with Crippen molar-refractivity contribution in [2.75, 3.05) is 6.61 Å². The molecule has 88 valence electrons. The smallest absolute Gasteiger partial charge is 0.123 e. The van der Waals surface area contributed by atoms with Gasteiger partial charge in [0.1, 0.15) is 5.82 Å². The van der Waals surface area contributed by atoms with Gasteiger partial charge in [0.05, 0.1) is 6.61 Å². The summed E-state index contributed by atoms with van der Waals surface area (Å²) in [5.74, 6) is -0.387. The Labute approximate surface area is 99.8 Å². The lowest BCUT2D eigenvalue weighted by Crippen LogP contribution is -2.09. The maximum atomic E-state index is 13.1. The molecule has 0 spiro atoms. The zero-order valence-electron chi connectivity index (χ0n) is 9.38. The Hall–Kier alpha value is -1.74. The van der Waals surface area contributed by atoms with E-state index >= 15 is 0 Å². The Bertz CT molecular complexity index is 473. The molecule has 3 heteroatoms. The molecular weight excluding hydrogens is 217 g/mol. The summed E-state index contributed by atoms with van der Waals surface area (Å²) in [4.78, 5) is 4.21. The lowest BCUT2D eigenvalue weighted by Gasteiger charge is -2.14. The Kier molecular flexibility index (Phi) is 3.83. The highest BCUT2D eigenvalue weighted by molar-refractivity contribution is 5.22. The van der Waals surface area contributed by atoms with Crippen LogP contribution in [-0.2, 0) is 6.42 Å². The van der Waals surface area contributed by atoms with Gasteiger partial charge in [-0.15, -0.1) is 0 Å². The molecule has 17 heavy (non-hydrogen) atoms. The van der Waals surface area contributed by atoms with E-state index in [2.05, 4.69) is 4.98 Å². The zero-order valence-corrected chi connectivity index (χ0v) is 9.38. The van der Waals surface area contributed by atoms with E-state index in [0.717, 1.165) is 11.3 Å². The fraction of sp³-hybridized carbons (Fsp3) is 0.214. The third kappa shape index (κ3) is 3.11. The van der Waals surface area contributed by atoms with Gasteiger partial charge in [-0.2, -0.15) is 0 Å². The van der Waals surface area contributed by atoms with Gasteiger partial charge in [-0.3, -0.25) is 4.98 Å². The Morgan fingerprint density at radius 1 is 1.18 bits per heavy atom. The highest BCUT2D eigenvalue weighted by atomic mass is 19.1. The number of halogens is 1. The number of aliphatic hydroxyl groups excluding tert-OH is 1. The molecule has 2 nitrogen and oxygen atoms in total. The molecular formula is C14H14FNO. The van der Waals surface area contributed by atoms with Crippen molar-refractivity contribution in [2.24, 2.45) is 0 Å². The highest BCUT2D eigenvalue weighted by Crippen LogP contribution is 2.20. The van der Waals surface area contributed by atoms with Crippen molar-refractivity contribution in [3.8, 4) is 0 Å². The number of hydrogen-bond acceptors (Lipinski definition) is 2. The molecule has 1 aromatic heterocycles. The van der Waals surface area contributed by atoms with Crippen molar-refractivity contribution in [1.82, 2.24) is 4.98 Å². The van der Waals surface area contributed by atoms with Gasteiger partial charge in [-0.05, 0) is 36.2 Å². The first-order valence-electron chi connectivity index (χ1n) is 5.56. The zero-order chi connectivity index (χ0) is 12.1. The minimum absolute atomic E-state index is 0.0139. The third-order valence-corrected chi connectivity index (χ3v) is 2.72. The third-order valence-electron chi connectivity index (χ3n) is 2.72. The number of nitrogens with zero attached hydrogens (tertiary/aromatic N) is 1. The van der Waals surface area contributed by atoms with Crippen LogP contribution in [0.1, 0.15) is 17.2 Å². The molecule has 0 radical (unpaired) electrons. The number of benzene rings is 1. The predicted molar refractivity (Wildman–Crippen MR) is 64.2 cm³/mol. The van der Waals surface area contributed by atoms with E-state index in [0.29, 0.717) is 6.42 Å². The minimum Gasteiger partial charge on any atom is -0.396 e.